The molecule has 22 heavy (non-hydrogen) atoms. The third kappa shape index (κ3) is 2.86. The fourth-order valence-corrected chi connectivity index (χ4v) is 3.48. The smallest absolute Gasteiger partial charge is 0.208 e. The van der Waals surface area contributed by atoms with E-state index in [1.807, 2.05) is 24.3 Å². The van der Waals surface area contributed by atoms with Crippen LogP contribution in [0, 0.1) is 0 Å². The van der Waals surface area contributed by atoms with Crippen molar-refractivity contribution in [1.29, 1.82) is 0 Å². The molecule has 0 N–H and O–H groups in total. The third-order valence-electron chi connectivity index (χ3n) is 4.02. The number of fused-ring (bicyclic) bond motifs is 1. The molecule has 0 spiro atoms. The maximum atomic E-state index is 6.03. The summed E-state index contributed by atoms with van der Waals surface area (Å²) < 4.78 is 11.8. The Morgan fingerprint density at radius 2 is 1.95 bits per heavy atom. The third-order valence-corrected chi connectivity index (χ3v) is 4.77. The standard InChI is InChI=1S/C15H18N4O2S/c1-2-4-14-13(3-1)20-10-12(21-14)9-18-5-7-19(8-6-18)15-17-16-11-22-15/h1-4,11-12H,5-10H2/t12-/m0/s1. The summed E-state index contributed by atoms with van der Waals surface area (Å²) in [6.45, 7) is 5.52. The summed E-state index contributed by atoms with van der Waals surface area (Å²) in [5.41, 5.74) is 1.78. The summed E-state index contributed by atoms with van der Waals surface area (Å²) in [6.07, 6.45) is 0.1000. The predicted octanol–water partition coefficient (Wildman–Crippen LogP) is 1.50. The number of piperazine rings is 1. The van der Waals surface area contributed by atoms with E-state index in [9.17, 15) is 0 Å². The zero-order valence-electron chi connectivity index (χ0n) is 12.2. The number of benzene rings is 1. The second-order valence-corrected chi connectivity index (χ2v) is 6.32. The second kappa shape index (κ2) is 6.10. The Kier molecular flexibility index (Phi) is 3.82. The zero-order chi connectivity index (χ0) is 14.8. The molecule has 2 aromatic rings. The minimum atomic E-state index is 0.1000. The van der Waals surface area contributed by atoms with E-state index >= 15 is 0 Å². The molecule has 1 aromatic heterocycles. The minimum absolute atomic E-state index is 0.1000. The van der Waals surface area contributed by atoms with E-state index in [-0.39, 0.29) is 6.10 Å². The Morgan fingerprint density at radius 1 is 1.14 bits per heavy atom. The van der Waals surface area contributed by atoms with Gasteiger partial charge in [0.25, 0.3) is 0 Å². The topological polar surface area (TPSA) is 50.7 Å². The van der Waals surface area contributed by atoms with Crippen LogP contribution in [0.2, 0.25) is 0 Å². The average molecular weight is 318 g/mol. The lowest BCUT2D eigenvalue weighted by molar-refractivity contribution is 0.0571. The molecule has 0 radical (unpaired) electrons. The number of para-hydroxylation sites is 2. The summed E-state index contributed by atoms with van der Waals surface area (Å²) >= 11 is 1.60. The van der Waals surface area contributed by atoms with Crippen molar-refractivity contribution in [3.8, 4) is 11.5 Å². The van der Waals surface area contributed by atoms with Gasteiger partial charge in [-0.1, -0.05) is 23.5 Å². The summed E-state index contributed by atoms with van der Waals surface area (Å²) in [5.74, 6) is 1.70. The molecule has 0 aliphatic carbocycles. The van der Waals surface area contributed by atoms with Gasteiger partial charge in [-0.25, -0.2) is 0 Å². The molecule has 0 saturated carbocycles. The van der Waals surface area contributed by atoms with Gasteiger partial charge < -0.3 is 14.4 Å². The first-order chi connectivity index (χ1) is 10.9. The van der Waals surface area contributed by atoms with E-state index in [2.05, 4.69) is 20.0 Å². The normalized spacial score (nSPS) is 21.8. The average Bonchev–Trinajstić information content (AvgIpc) is 3.10. The number of anilines is 1. The van der Waals surface area contributed by atoms with Crippen molar-refractivity contribution in [3.05, 3.63) is 29.8 Å². The quantitative estimate of drug-likeness (QED) is 0.855. The fourth-order valence-electron chi connectivity index (χ4n) is 2.87. The van der Waals surface area contributed by atoms with Gasteiger partial charge in [-0.15, -0.1) is 10.2 Å². The van der Waals surface area contributed by atoms with Crippen LogP contribution in [0.3, 0.4) is 0 Å². The van der Waals surface area contributed by atoms with Crippen LogP contribution in [0.1, 0.15) is 0 Å². The Hall–Kier alpha value is -1.86. The number of nitrogens with zero attached hydrogens (tertiary/aromatic N) is 4. The summed E-state index contributed by atoms with van der Waals surface area (Å²) in [5, 5.41) is 9.06. The van der Waals surface area contributed by atoms with Gasteiger partial charge in [0.05, 0.1) is 0 Å². The van der Waals surface area contributed by atoms with Crippen LogP contribution in [0.25, 0.3) is 0 Å². The highest BCUT2D eigenvalue weighted by atomic mass is 32.1. The van der Waals surface area contributed by atoms with Crippen molar-refractivity contribution in [2.24, 2.45) is 0 Å². The van der Waals surface area contributed by atoms with Crippen LogP contribution >= 0.6 is 11.3 Å². The Morgan fingerprint density at radius 3 is 2.73 bits per heavy atom. The molecule has 0 amide bonds. The van der Waals surface area contributed by atoms with Gasteiger partial charge in [0, 0.05) is 32.7 Å². The van der Waals surface area contributed by atoms with E-state index in [1.165, 1.54) is 0 Å². The monoisotopic (exact) mass is 318 g/mol. The molecule has 6 nitrogen and oxygen atoms in total. The highest BCUT2D eigenvalue weighted by Crippen LogP contribution is 2.31. The van der Waals surface area contributed by atoms with Crippen molar-refractivity contribution in [2.75, 3.05) is 44.2 Å². The number of aromatic nitrogens is 2. The molecule has 3 heterocycles. The van der Waals surface area contributed by atoms with Crippen molar-refractivity contribution in [2.45, 2.75) is 6.10 Å². The van der Waals surface area contributed by atoms with Crippen LogP contribution in [0.4, 0.5) is 5.13 Å². The van der Waals surface area contributed by atoms with Crippen molar-refractivity contribution in [1.82, 2.24) is 15.1 Å². The van der Waals surface area contributed by atoms with Gasteiger partial charge in [0.15, 0.2) is 11.5 Å². The molecule has 1 saturated heterocycles. The maximum absolute atomic E-state index is 6.03. The number of ether oxygens (including phenoxy) is 2. The Balaban J connectivity index is 1.31. The first-order valence-corrected chi connectivity index (χ1v) is 8.38. The molecular weight excluding hydrogens is 300 g/mol. The Labute approximate surface area is 133 Å². The summed E-state index contributed by atoms with van der Waals surface area (Å²) in [6, 6.07) is 7.86. The van der Waals surface area contributed by atoms with Gasteiger partial charge >= 0.3 is 0 Å². The zero-order valence-corrected chi connectivity index (χ0v) is 13.0. The molecule has 0 bridgehead atoms. The molecule has 4 rings (SSSR count). The predicted molar refractivity (Wildman–Crippen MR) is 84.9 cm³/mol. The van der Waals surface area contributed by atoms with Gasteiger partial charge in [0.1, 0.15) is 18.2 Å². The van der Waals surface area contributed by atoms with E-state index < -0.39 is 0 Å². The molecule has 7 heteroatoms. The van der Waals surface area contributed by atoms with Gasteiger partial charge in [-0.05, 0) is 12.1 Å². The Bertz CT molecular complexity index is 614. The van der Waals surface area contributed by atoms with Gasteiger partial charge in [-0.2, -0.15) is 0 Å². The van der Waals surface area contributed by atoms with Gasteiger partial charge in [-0.3, -0.25) is 4.90 Å². The van der Waals surface area contributed by atoms with Crippen molar-refractivity contribution >= 4 is 16.5 Å². The molecular formula is C15H18N4O2S. The van der Waals surface area contributed by atoms with Crippen molar-refractivity contribution in [3.63, 3.8) is 0 Å². The first-order valence-electron chi connectivity index (χ1n) is 7.50. The maximum Gasteiger partial charge on any atom is 0.208 e. The number of hydrogen-bond donors (Lipinski definition) is 0. The SMILES string of the molecule is c1ccc2c(c1)OC[C@H](CN1CCN(c3nncs3)CC1)O2. The molecule has 1 atom stereocenters. The van der Waals surface area contributed by atoms with Crippen LogP contribution in [0.15, 0.2) is 29.8 Å². The number of hydrogen-bond acceptors (Lipinski definition) is 7. The largest absolute Gasteiger partial charge is 0.486 e. The van der Waals surface area contributed by atoms with Crippen LogP contribution in [-0.2, 0) is 0 Å². The summed E-state index contributed by atoms with van der Waals surface area (Å²) in [4.78, 5) is 4.72. The van der Waals surface area contributed by atoms with Crippen molar-refractivity contribution < 1.29 is 9.47 Å². The molecule has 1 fully saturated rings. The molecule has 1 aromatic carbocycles. The van der Waals surface area contributed by atoms with E-state index in [0.29, 0.717) is 6.61 Å². The van der Waals surface area contributed by atoms with Gasteiger partial charge in [0.2, 0.25) is 5.13 Å². The molecule has 2 aliphatic heterocycles. The van der Waals surface area contributed by atoms with E-state index in [0.717, 1.165) is 49.4 Å². The second-order valence-electron chi connectivity index (χ2n) is 5.51. The lowest BCUT2D eigenvalue weighted by Gasteiger charge is -2.37. The molecule has 0 unspecified atom stereocenters. The molecule has 116 valence electrons. The van der Waals surface area contributed by atoms with Crippen LogP contribution in [-0.4, -0.2) is 60.5 Å². The highest BCUT2D eigenvalue weighted by molar-refractivity contribution is 7.13. The van der Waals surface area contributed by atoms with Crippen LogP contribution in [0.5, 0.6) is 11.5 Å². The number of rotatable bonds is 3. The minimum Gasteiger partial charge on any atom is -0.486 e. The molecule has 2 aliphatic rings. The highest BCUT2D eigenvalue weighted by Gasteiger charge is 2.25. The first kappa shape index (κ1) is 13.8. The lowest BCUT2D eigenvalue weighted by Crippen LogP contribution is -2.50. The van der Waals surface area contributed by atoms with Crippen LogP contribution < -0.4 is 14.4 Å². The fraction of sp³-hybridized carbons (Fsp3) is 0.467. The van der Waals surface area contributed by atoms with E-state index in [1.54, 1.807) is 16.8 Å². The van der Waals surface area contributed by atoms with E-state index in [4.69, 9.17) is 9.47 Å². The lowest BCUT2D eigenvalue weighted by atomic mass is 10.2. The summed E-state index contributed by atoms with van der Waals surface area (Å²) in [7, 11) is 0.